The highest BCUT2D eigenvalue weighted by molar-refractivity contribution is 5.93. The average Bonchev–Trinajstić information content (AvgIpc) is 3.73. The smallest absolute Gasteiger partial charge is 0.416 e. The number of esters is 1. The van der Waals surface area contributed by atoms with E-state index in [9.17, 15) is 37.9 Å². The summed E-state index contributed by atoms with van der Waals surface area (Å²) in [5.74, 6) is -1.53. The number of H-pyrrole nitrogens is 1. The molecular weight excluding hydrogens is 605 g/mol. The average molecular weight is 639 g/mol. The molecule has 1 aromatic heterocycles. The summed E-state index contributed by atoms with van der Waals surface area (Å²) >= 11 is 0. The number of carboxylic acids is 1. The van der Waals surface area contributed by atoms with Crippen LogP contribution in [0.25, 0.3) is 0 Å². The van der Waals surface area contributed by atoms with E-state index in [1.807, 2.05) is 7.05 Å². The van der Waals surface area contributed by atoms with E-state index in [1.54, 1.807) is 18.2 Å². The van der Waals surface area contributed by atoms with Crippen LogP contribution in [-0.2, 0) is 26.9 Å². The van der Waals surface area contributed by atoms with E-state index < -0.39 is 35.4 Å². The predicted octanol–water partition coefficient (Wildman–Crippen LogP) is 3.19. The number of aromatic nitrogens is 3. The maximum absolute atomic E-state index is 13.6. The Morgan fingerprint density at radius 3 is 2.59 bits per heavy atom. The van der Waals surface area contributed by atoms with Gasteiger partial charge in [-0.1, -0.05) is 12.1 Å². The van der Waals surface area contributed by atoms with Crippen LogP contribution in [0.4, 0.5) is 24.8 Å². The summed E-state index contributed by atoms with van der Waals surface area (Å²) in [4.78, 5) is 39.7. The number of fused-ring (bicyclic) bond motifs is 1. The first-order valence-electron chi connectivity index (χ1n) is 14.8. The maximum atomic E-state index is 13.6. The van der Waals surface area contributed by atoms with E-state index in [4.69, 9.17) is 4.74 Å². The first-order valence-corrected chi connectivity index (χ1v) is 14.8. The van der Waals surface area contributed by atoms with Crippen LogP contribution in [0.1, 0.15) is 54.5 Å². The number of carbonyl (C=O) groups is 2. The summed E-state index contributed by atoms with van der Waals surface area (Å²) in [5, 5.41) is 27.8. The standard InChI is InChI=1S/C32H33F3N6O5/c1-19-27(29(44)46-3)28(40-30(37-38-31(40)45)39(19)24-8-4-7-23(15-24)32(33,34)35)25-12-11-21(16-36)14-22(25)6-5-13-41(2,18-26(42)43)17-20-9-10-20/h4,7-8,11-12,14-15,20,28H,5-6,9-10,13,17-18H2,1-3H3,(H-,38,42,43,45)/t28-,41?/m1/s1. The Labute approximate surface area is 262 Å². The van der Waals surface area contributed by atoms with E-state index in [1.165, 1.54) is 28.5 Å². The highest BCUT2D eigenvalue weighted by Gasteiger charge is 2.41. The second-order valence-corrected chi connectivity index (χ2v) is 12.1. The van der Waals surface area contributed by atoms with Crippen molar-refractivity contribution in [2.24, 2.45) is 5.92 Å². The molecule has 2 heterocycles. The van der Waals surface area contributed by atoms with E-state index >= 15 is 0 Å². The van der Waals surface area contributed by atoms with E-state index in [0.29, 0.717) is 48.5 Å². The summed E-state index contributed by atoms with van der Waals surface area (Å²) in [6.07, 6.45) is -1.64. The molecule has 1 fully saturated rings. The summed E-state index contributed by atoms with van der Waals surface area (Å²) in [6.45, 7) is 2.60. The minimum atomic E-state index is -4.64. The third-order valence-corrected chi connectivity index (χ3v) is 8.60. The SMILES string of the molecule is COC(=O)C1=C(C)N(c2cccc(C(F)(F)F)c2)c2n[nH]c(=O)n2[C@@H]1c1ccc(C#N)cc1CCC[N+](C)(CC(=O)[O-])CC1CC1. The van der Waals surface area contributed by atoms with Crippen molar-refractivity contribution in [2.75, 3.05) is 38.7 Å². The number of quaternary nitrogens is 1. The van der Waals surface area contributed by atoms with Crippen molar-refractivity contribution in [3.8, 4) is 6.07 Å². The number of nitrogens with one attached hydrogen (secondary N) is 1. The first kappa shape index (κ1) is 32.5. The number of likely N-dealkylation sites (N-methyl/N-ethyl adjacent to an activating group) is 1. The van der Waals surface area contributed by atoms with Crippen LogP contribution in [0.3, 0.4) is 0 Å². The molecule has 2 aliphatic rings. The van der Waals surface area contributed by atoms with Gasteiger partial charge in [-0.3, -0.25) is 4.90 Å². The molecule has 0 amide bonds. The summed E-state index contributed by atoms with van der Waals surface area (Å²) in [6, 6.07) is 10.3. The van der Waals surface area contributed by atoms with Gasteiger partial charge in [-0.05, 0) is 67.6 Å². The molecule has 1 aliphatic carbocycles. The molecule has 1 N–H and O–H groups in total. The molecular formula is C32H33F3N6O5. The fraction of sp³-hybridized carbons (Fsp3) is 0.406. The monoisotopic (exact) mass is 638 g/mol. The molecule has 0 saturated heterocycles. The maximum Gasteiger partial charge on any atom is 0.416 e. The lowest BCUT2D eigenvalue weighted by molar-refractivity contribution is -0.906. The van der Waals surface area contributed by atoms with Crippen molar-refractivity contribution in [2.45, 2.75) is 44.8 Å². The number of aliphatic carboxylic acids is 1. The van der Waals surface area contributed by atoms with E-state index in [2.05, 4.69) is 16.3 Å². The number of carbonyl (C=O) groups excluding carboxylic acids is 2. The van der Waals surface area contributed by atoms with Crippen LogP contribution in [0.5, 0.6) is 0 Å². The van der Waals surface area contributed by atoms with Crippen molar-refractivity contribution in [1.29, 1.82) is 5.26 Å². The number of halogens is 3. The van der Waals surface area contributed by atoms with Gasteiger partial charge in [0.15, 0.2) is 0 Å². The number of alkyl halides is 3. The molecule has 3 aromatic rings. The molecule has 242 valence electrons. The molecule has 2 atom stereocenters. The Bertz CT molecular complexity index is 1800. The normalized spacial score (nSPS) is 17.7. The topological polar surface area (TPSA) is 144 Å². The molecule has 0 bridgehead atoms. The van der Waals surface area contributed by atoms with Crippen LogP contribution in [0.2, 0.25) is 0 Å². The Hall–Kier alpha value is -4.90. The number of ether oxygens (including phenoxy) is 1. The van der Waals surface area contributed by atoms with E-state index in [-0.39, 0.29) is 33.9 Å². The van der Waals surface area contributed by atoms with Gasteiger partial charge in [0.1, 0.15) is 12.6 Å². The highest BCUT2D eigenvalue weighted by atomic mass is 19.4. The predicted molar refractivity (Wildman–Crippen MR) is 157 cm³/mol. The largest absolute Gasteiger partial charge is 0.544 e. The van der Waals surface area contributed by atoms with Crippen LogP contribution in [0.15, 0.2) is 58.5 Å². The molecule has 14 heteroatoms. The zero-order valence-electron chi connectivity index (χ0n) is 25.6. The molecule has 1 unspecified atom stereocenters. The Morgan fingerprint density at radius 1 is 1.22 bits per heavy atom. The summed E-state index contributed by atoms with van der Waals surface area (Å²) < 4.78 is 47.5. The van der Waals surface area contributed by atoms with Crippen molar-refractivity contribution in [3.63, 3.8) is 0 Å². The van der Waals surface area contributed by atoms with Gasteiger partial charge in [-0.25, -0.2) is 19.3 Å². The number of rotatable bonds is 11. The number of methoxy groups -OCH3 is 1. The van der Waals surface area contributed by atoms with Gasteiger partial charge in [0, 0.05) is 23.7 Å². The van der Waals surface area contributed by atoms with Crippen LogP contribution in [0, 0.1) is 17.2 Å². The molecule has 46 heavy (non-hydrogen) atoms. The number of allylic oxidation sites excluding steroid dienone is 1. The van der Waals surface area contributed by atoms with Crippen molar-refractivity contribution in [1.82, 2.24) is 14.8 Å². The molecule has 11 nitrogen and oxygen atoms in total. The summed E-state index contributed by atoms with van der Waals surface area (Å²) in [5.41, 5.74) is 0.0276. The van der Waals surface area contributed by atoms with Gasteiger partial charge in [0.25, 0.3) is 0 Å². The number of nitriles is 1. The third-order valence-electron chi connectivity index (χ3n) is 8.60. The Balaban J connectivity index is 1.61. The molecule has 2 aromatic carbocycles. The van der Waals surface area contributed by atoms with Crippen molar-refractivity contribution in [3.05, 3.63) is 86.5 Å². The first-order chi connectivity index (χ1) is 21.8. The lowest BCUT2D eigenvalue weighted by Gasteiger charge is -2.36. The van der Waals surface area contributed by atoms with Gasteiger partial charge >= 0.3 is 17.8 Å². The molecule has 5 rings (SSSR count). The van der Waals surface area contributed by atoms with Crippen LogP contribution >= 0.6 is 0 Å². The Kier molecular flexibility index (Phi) is 8.81. The number of aromatic amines is 1. The molecule has 1 saturated carbocycles. The van der Waals surface area contributed by atoms with E-state index in [0.717, 1.165) is 32.1 Å². The number of benzene rings is 2. The van der Waals surface area contributed by atoms with Gasteiger partial charge in [-0.15, -0.1) is 5.10 Å². The highest BCUT2D eigenvalue weighted by Crippen LogP contribution is 2.44. The number of hydrogen-bond acceptors (Lipinski definition) is 8. The van der Waals surface area contributed by atoms with Crippen LogP contribution < -0.4 is 15.7 Å². The quantitative estimate of drug-likeness (QED) is 0.249. The number of aryl methyl sites for hydroxylation is 1. The van der Waals surface area contributed by atoms with Gasteiger partial charge in [-0.2, -0.15) is 18.4 Å². The van der Waals surface area contributed by atoms with Crippen molar-refractivity contribution >= 4 is 23.6 Å². The fourth-order valence-electron chi connectivity index (χ4n) is 6.36. The van der Waals surface area contributed by atoms with Gasteiger partial charge < -0.3 is 19.1 Å². The molecule has 0 radical (unpaired) electrons. The number of hydrogen-bond donors (Lipinski definition) is 1. The van der Waals surface area contributed by atoms with Crippen LogP contribution in [-0.4, -0.2) is 65.0 Å². The lowest BCUT2D eigenvalue weighted by atomic mass is 9.88. The summed E-state index contributed by atoms with van der Waals surface area (Å²) in [7, 11) is 3.04. The second kappa shape index (κ2) is 12.5. The Morgan fingerprint density at radius 2 is 1.96 bits per heavy atom. The number of anilines is 2. The van der Waals surface area contributed by atoms with Crippen molar-refractivity contribution < 1.29 is 37.1 Å². The zero-order chi connectivity index (χ0) is 33.4. The fourth-order valence-corrected chi connectivity index (χ4v) is 6.36. The zero-order valence-corrected chi connectivity index (χ0v) is 25.6. The number of carboxylic acid groups (broad SMARTS) is 1. The molecule has 0 spiro atoms. The van der Waals surface area contributed by atoms with Gasteiger partial charge in [0.2, 0.25) is 5.95 Å². The number of nitrogens with zero attached hydrogens (tertiary/aromatic N) is 5. The second-order valence-electron chi connectivity index (χ2n) is 12.1. The minimum Gasteiger partial charge on any atom is -0.544 e. The molecule has 1 aliphatic heterocycles. The third kappa shape index (κ3) is 6.55. The lowest BCUT2D eigenvalue weighted by Crippen LogP contribution is -2.53. The minimum absolute atomic E-state index is 0.00632. The van der Waals surface area contributed by atoms with Gasteiger partial charge in [0.05, 0.1) is 56.0 Å².